The lowest BCUT2D eigenvalue weighted by Crippen LogP contribution is -2.09. The molecule has 0 atom stereocenters. The fourth-order valence-electron chi connectivity index (χ4n) is 1.24. The summed E-state index contributed by atoms with van der Waals surface area (Å²) < 4.78 is 25.5. The van der Waals surface area contributed by atoms with E-state index in [0.717, 1.165) is 16.3 Å². The van der Waals surface area contributed by atoms with Crippen LogP contribution in [0, 0.1) is 0 Å². The van der Waals surface area contributed by atoms with E-state index in [1.54, 1.807) is 17.4 Å². The van der Waals surface area contributed by atoms with Crippen LogP contribution in [-0.2, 0) is 10.0 Å². The quantitative estimate of drug-likeness (QED) is 0.855. The second-order valence-electron chi connectivity index (χ2n) is 3.05. The molecule has 74 valence electrons. The van der Waals surface area contributed by atoms with Crippen molar-refractivity contribution in [2.24, 2.45) is 0 Å². The summed E-state index contributed by atoms with van der Waals surface area (Å²) in [6, 6.07) is 7.47. The van der Waals surface area contributed by atoms with Crippen LogP contribution in [0.2, 0.25) is 0 Å². The van der Waals surface area contributed by atoms with Crippen LogP contribution in [0.15, 0.2) is 29.6 Å². The molecule has 0 saturated carbocycles. The van der Waals surface area contributed by atoms with Crippen LogP contribution in [0.1, 0.15) is 0 Å². The van der Waals surface area contributed by atoms with Crippen LogP contribution in [0.5, 0.6) is 0 Å². The fraction of sp³-hybridized carbons (Fsp3) is 0.111. The highest BCUT2D eigenvalue weighted by atomic mass is 32.2. The predicted octanol–water partition coefficient (Wildman–Crippen LogP) is 2.27. The summed E-state index contributed by atoms with van der Waals surface area (Å²) in [6.45, 7) is 0. The lowest BCUT2D eigenvalue weighted by atomic mass is 10.2. The number of fused-ring (bicyclic) bond motifs is 1. The van der Waals surface area contributed by atoms with E-state index in [1.165, 1.54) is 0 Å². The lowest BCUT2D eigenvalue weighted by Gasteiger charge is -2.02. The highest BCUT2D eigenvalue weighted by Crippen LogP contribution is 2.24. The maximum Gasteiger partial charge on any atom is 0.229 e. The zero-order valence-electron chi connectivity index (χ0n) is 7.52. The molecule has 0 fully saturated rings. The summed E-state index contributed by atoms with van der Waals surface area (Å²) in [6.07, 6.45) is 1.14. The van der Waals surface area contributed by atoms with Crippen molar-refractivity contribution >= 4 is 37.1 Å². The van der Waals surface area contributed by atoms with Crippen molar-refractivity contribution in [3.05, 3.63) is 29.6 Å². The van der Waals surface area contributed by atoms with Crippen LogP contribution in [0.3, 0.4) is 0 Å². The first kappa shape index (κ1) is 9.48. The van der Waals surface area contributed by atoms with Crippen LogP contribution < -0.4 is 4.72 Å². The first-order chi connectivity index (χ1) is 6.54. The molecule has 0 radical (unpaired) electrons. The van der Waals surface area contributed by atoms with Gasteiger partial charge in [-0.3, -0.25) is 4.72 Å². The number of nitrogens with one attached hydrogen (secondary N) is 1. The van der Waals surface area contributed by atoms with Crippen LogP contribution in [0.4, 0.5) is 5.69 Å². The third-order valence-electron chi connectivity index (χ3n) is 1.76. The summed E-state index contributed by atoms with van der Waals surface area (Å²) >= 11 is 1.64. The molecule has 1 aromatic carbocycles. The second-order valence-corrected chi connectivity index (χ2v) is 5.74. The van der Waals surface area contributed by atoms with Crippen molar-refractivity contribution < 1.29 is 8.42 Å². The topological polar surface area (TPSA) is 46.2 Å². The highest BCUT2D eigenvalue weighted by Gasteiger charge is 2.02. The number of sulfonamides is 1. The largest absolute Gasteiger partial charge is 0.284 e. The number of benzene rings is 1. The van der Waals surface area contributed by atoms with Gasteiger partial charge in [-0.2, -0.15) is 0 Å². The maximum absolute atomic E-state index is 11.0. The number of anilines is 1. The van der Waals surface area contributed by atoms with Gasteiger partial charge in [-0.25, -0.2) is 8.42 Å². The molecule has 2 aromatic rings. The second kappa shape index (κ2) is 3.25. The zero-order chi connectivity index (χ0) is 10.2. The van der Waals surface area contributed by atoms with Gasteiger partial charge in [0.2, 0.25) is 10.0 Å². The van der Waals surface area contributed by atoms with Crippen LogP contribution >= 0.6 is 11.3 Å². The van der Waals surface area contributed by atoms with Gasteiger partial charge in [-0.1, -0.05) is 0 Å². The summed E-state index contributed by atoms with van der Waals surface area (Å²) in [5.41, 5.74) is 0.610. The average molecular weight is 227 g/mol. The Kier molecular flexibility index (Phi) is 2.20. The minimum Gasteiger partial charge on any atom is -0.284 e. The molecule has 0 bridgehead atoms. The Labute approximate surface area is 86.4 Å². The Bertz CT molecular complexity index is 557. The van der Waals surface area contributed by atoms with Gasteiger partial charge in [0.1, 0.15) is 0 Å². The summed E-state index contributed by atoms with van der Waals surface area (Å²) in [7, 11) is -3.18. The fourth-order valence-corrected chi connectivity index (χ4v) is 2.57. The predicted molar refractivity (Wildman–Crippen MR) is 60.3 cm³/mol. The van der Waals surface area contributed by atoms with Crippen molar-refractivity contribution in [3.63, 3.8) is 0 Å². The van der Waals surface area contributed by atoms with Crippen molar-refractivity contribution in [2.45, 2.75) is 0 Å². The summed E-state index contributed by atoms with van der Waals surface area (Å²) in [5.74, 6) is 0. The smallest absolute Gasteiger partial charge is 0.229 e. The molecule has 5 heteroatoms. The number of hydrogen-bond acceptors (Lipinski definition) is 3. The molecule has 2 rings (SSSR count). The van der Waals surface area contributed by atoms with Crippen molar-refractivity contribution in [1.29, 1.82) is 0 Å². The summed E-state index contributed by atoms with van der Waals surface area (Å²) in [4.78, 5) is 0. The Morgan fingerprint density at radius 2 is 2.07 bits per heavy atom. The molecule has 14 heavy (non-hydrogen) atoms. The molecule has 0 aliphatic rings. The Morgan fingerprint density at radius 3 is 2.79 bits per heavy atom. The maximum atomic E-state index is 11.0. The van der Waals surface area contributed by atoms with E-state index in [2.05, 4.69) is 4.72 Å². The van der Waals surface area contributed by atoms with E-state index in [-0.39, 0.29) is 0 Å². The molecule has 0 amide bonds. The Hall–Kier alpha value is -1.07. The molecule has 0 spiro atoms. The van der Waals surface area contributed by atoms with Crippen molar-refractivity contribution in [1.82, 2.24) is 0 Å². The van der Waals surface area contributed by atoms with Crippen LogP contribution in [-0.4, -0.2) is 14.7 Å². The molecule has 0 unspecified atom stereocenters. The van der Waals surface area contributed by atoms with E-state index in [4.69, 9.17) is 0 Å². The van der Waals surface area contributed by atoms with Gasteiger partial charge < -0.3 is 0 Å². The number of rotatable bonds is 2. The van der Waals surface area contributed by atoms with Gasteiger partial charge in [-0.05, 0) is 35.0 Å². The molecular weight excluding hydrogens is 218 g/mol. The molecule has 0 saturated heterocycles. The van der Waals surface area contributed by atoms with Gasteiger partial charge in [0, 0.05) is 10.4 Å². The number of hydrogen-bond donors (Lipinski definition) is 1. The molecule has 1 aromatic heterocycles. The van der Waals surface area contributed by atoms with Crippen LogP contribution in [0.25, 0.3) is 10.1 Å². The van der Waals surface area contributed by atoms with E-state index in [9.17, 15) is 8.42 Å². The van der Waals surface area contributed by atoms with E-state index < -0.39 is 10.0 Å². The Morgan fingerprint density at radius 1 is 1.29 bits per heavy atom. The van der Waals surface area contributed by atoms with Gasteiger partial charge in [-0.15, -0.1) is 11.3 Å². The zero-order valence-corrected chi connectivity index (χ0v) is 9.15. The molecule has 3 nitrogen and oxygen atoms in total. The minimum absolute atomic E-state index is 0.610. The van der Waals surface area contributed by atoms with E-state index >= 15 is 0 Å². The van der Waals surface area contributed by atoms with Gasteiger partial charge in [0.25, 0.3) is 0 Å². The van der Waals surface area contributed by atoms with E-state index in [0.29, 0.717) is 5.69 Å². The van der Waals surface area contributed by atoms with Crippen molar-refractivity contribution in [3.8, 4) is 0 Å². The SMILES string of the molecule is CS(=O)(=O)Nc1ccc2sccc2c1. The molecule has 1 N–H and O–H groups in total. The highest BCUT2D eigenvalue weighted by molar-refractivity contribution is 7.92. The van der Waals surface area contributed by atoms with Gasteiger partial charge >= 0.3 is 0 Å². The first-order valence-electron chi connectivity index (χ1n) is 4.00. The monoisotopic (exact) mass is 227 g/mol. The standard InChI is InChI=1S/C9H9NO2S2/c1-14(11,12)10-8-2-3-9-7(6-8)4-5-13-9/h2-6,10H,1H3. The normalized spacial score (nSPS) is 11.8. The lowest BCUT2D eigenvalue weighted by molar-refractivity contribution is 0.607. The third-order valence-corrected chi connectivity index (χ3v) is 3.26. The Balaban J connectivity index is 2.44. The average Bonchev–Trinajstić information content (AvgIpc) is 2.47. The third kappa shape index (κ3) is 2.05. The molecule has 0 aliphatic heterocycles. The van der Waals surface area contributed by atoms with Gasteiger partial charge in [0.05, 0.1) is 6.26 Å². The summed E-state index contributed by atoms with van der Waals surface area (Å²) in [5, 5.41) is 3.04. The van der Waals surface area contributed by atoms with Gasteiger partial charge in [0.15, 0.2) is 0 Å². The molecule has 1 heterocycles. The first-order valence-corrected chi connectivity index (χ1v) is 6.77. The molecule has 0 aliphatic carbocycles. The minimum atomic E-state index is -3.18. The van der Waals surface area contributed by atoms with E-state index in [1.807, 2.05) is 23.6 Å². The number of thiophene rings is 1. The van der Waals surface area contributed by atoms with Crippen molar-refractivity contribution in [2.75, 3.05) is 11.0 Å². The molecular formula is C9H9NO2S2.